The van der Waals surface area contributed by atoms with Crippen molar-refractivity contribution < 1.29 is 9.72 Å². The summed E-state index contributed by atoms with van der Waals surface area (Å²) in [5.74, 6) is -0.250. The highest BCUT2D eigenvalue weighted by Crippen LogP contribution is 2.25. The van der Waals surface area contributed by atoms with Crippen molar-refractivity contribution in [2.45, 2.75) is 6.92 Å². The molecule has 3 rings (SSSR count). The van der Waals surface area contributed by atoms with Gasteiger partial charge in [-0.15, -0.1) is 0 Å². The third kappa shape index (κ3) is 2.87. The van der Waals surface area contributed by atoms with Crippen molar-refractivity contribution in [3.63, 3.8) is 0 Å². The Hall–Kier alpha value is -3.28. The molecule has 2 aromatic carbocycles. The number of hydrogen-bond acceptors (Lipinski definition) is 4. The lowest BCUT2D eigenvalue weighted by Crippen LogP contribution is -2.21. The van der Waals surface area contributed by atoms with Crippen LogP contribution in [0.25, 0.3) is 6.08 Å². The van der Waals surface area contributed by atoms with E-state index in [4.69, 9.17) is 0 Å². The zero-order valence-electron chi connectivity index (χ0n) is 12.3. The van der Waals surface area contributed by atoms with E-state index in [0.29, 0.717) is 22.5 Å². The molecule has 23 heavy (non-hydrogen) atoms. The molecule has 6 nitrogen and oxygen atoms in total. The molecule has 2 aromatic rings. The number of nitro groups is 1. The Morgan fingerprint density at radius 3 is 2.57 bits per heavy atom. The molecule has 0 N–H and O–H groups in total. The SMILES string of the molecule is CC1=NN(c2ccccc2)C(=O)/C1=C\c1cccc([N+](=O)[O-])c1. The van der Waals surface area contributed by atoms with E-state index in [1.807, 2.05) is 18.2 Å². The molecule has 1 amide bonds. The van der Waals surface area contributed by atoms with E-state index in [1.165, 1.54) is 17.1 Å². The Kier molecular flexibility index (Phi) is 3.72. The van der Waals surface area contributed by atoms with Gasteiger partial charge in [0.2, 0.25) is 0 Å². The molecular weight excluding hydrogens is 294 g/mol. The number of para-hydroxylation sites is 1. The van der Waals surface area contributed by atoms with Gasteiger partial charge in [0, 0.05) is 12.1 Å². The average Bonchev–Trinajstić information content (AvgIpc) is 2.84. The summed E-state index contributed by atoms with van der Waals surface area (Å²) in [7, 11) is 0. The maximum atomic E-state index is 12.5. The van der Waals surface area contributed by atoms with E-state index in [-0.39, 0.29) is 11.6 Å². The van der Waals surface area contributed by atoms with Gasteiger partial charge in [-0.1, -0.05) is 30.3 Å². The van der Waals surface area contributed by atoms with Gasteiger partial charge in [-0.2, -0.15) is 10.1 Å². The van der Waals surface area contributed by atoms with E-state index >= 15 is 0 Å². The summed E-state index contributed by atoms with van der Waals surface area (Å²) < 4.78 is 0. The second kappa shape index (κ2) is 5.84. The van der Waals surface area contributed by atoms with Gasteiger partial charge in [0.25, 0.3) is 11.6 Å². The fourth-order valence-electron chi connectivity index (χ4n) is 2.32. The predicted molar refractivity (Wildman–Crippen MR) is 88.1 cm³/mol. The zero-order chi connectivity index (χ0) is 16.4. The van der Waals surface area contributed by atoms with Crippen LogP contribution in [-0.2, 0) is 4.79 Å². The number of rotatable bonds is 3. The lowest BCUT2D eigenvalue weighted by Gasteiger charge is -2.10. The smallest absolute Gasteiger partial charge is 0.267 e. The van der Waals surface area contributed by atoms with Crippen LogP contribution in [0.5, 0.6) is 0 Å². The molecule has 0 fully saturated rings. The molecule has 1 aliphatic heterocycles. The minimum atomic E-state index is -0.463. The minimum Gasteiger partial charge on any atom is -0.267 e. The van der Waals surface area contributed by atoms with Gasteiger partial charge in [-0.05, 0) is 30.7 Å². The Bertz CT molecular complexity index is 841. The topological polar surface area (TPSA) is 75.8 Å². The summed E-state index contributed by atoms with van der Waals surface area (Å²) in [6, 6.07) is 15.3. The number of carbonyl (C=O) groups excluding carboxylic acids is 1. The molecule has 1 heterocycles. The lowest BCUT2D eigenvalue weighted by molar-refractivity contribution is -0.384. The van der Waals surface area contributed by atoms with E-state index < -0.39 is 4.92 Å². The van der Waals surface area contributed by atoms with Gasteiger partial charge in [-0.25, -0.2) is 0 Å². The van der Waals surface area contributed by atoms with Crippen molar-refractivity contribution in [2.24, 2.45) is 5.10 Å². The average molecular weight is 307 g/mol. The first-order chi connectivity index (χ1) is 11.1. The molecule has 6 heteroatoms. The largest absolute Gasteiger partial charge is 0.280 e. The second-order valence-electron chi connectivity index (χ2n) is 5.05. The van der Waals surface area contributed by atoms with Crippen molar-refractivity contribution >= 4 is 29.1 Å². The molecule has 0 aliphatic carbocycles. The fraction of sp³-hybridized carbons (Fsp3) is 0.0588. The van der Waals surface area contributed by atoms with E-state index in [2.05, 4.69) is 5.10 Å². The van der Waals surface area contributed by atoms with Gasteiger partial charge in [0.15, 0.2) is 0 Å². The van der Waals surface area contributed by atoms with Crippen molar-refractivity contribution in [2.75, 3.05) is 5.01 Å². The normalized spacial score (nSPS) is 15.9. The lowest BCUT2D eigenvalue weighted by atomic mass is 10.1. The highest BCUT2D eigenvalue weighted by Gasteiger charge is 2.28. The van der Waals surface area contributed by atoms with Gasteiger partial charge in [0.05, 0.1) is 21.9 Å². The van der Waals surface area contributed by atoms with E-state index in [0.717, 1.165) is 0 Å². The van der Waals surface area contributed by atoms with Crippen molar-refractivity contribution in [1.29, 1.82) is 0 Å². The third-order valence-electron chi connectivity index (χ3n) is 3.46. The highest BCUT2D eigenvalue weighted by atomic mass is 16.6. The van der Waals surface area contributed by atoms with Crippen molar-refractivity contribution in [3.05, 3.63) is 75.8 Å². The Balaban J connectivity index is 1.95. The van der Waals surface area contributed by atoms with E-state index in [9.17, 15) is 14.9 Å². The van der Waals surface area contributed by atoms with Crippen molar-refractivity contribution in [3.8, 4) is 0 Å². The molecule has 0 saturated heterocycles. The Labute approximate surface area is 132 Å². The molecule has 0 spiro atoms. The molecule has 0 radical (unpaired) electrons. The van der Waals surface area contributed by atoms with Crippen LogP contribution < -0.4 is 5.01 Å². The molecule has 0 unspecified atom stereocenters. The summed E-state index contributed by atoms with van der Waals surface area (Å²) in [4.78, 5) is 22.9. The summed E-state index contributed by atoms with van der Waals surface area (Å²) >= 11 is 0. The number of non-ortho nitro benzene ring substituents is 1. The van der Waals surface area contributed by atoms with Crippen LogP contribution in [0.2, 0.25) is 0 Å². The number of carbonyl (C=O) groups is 1. The minimum absolute atomic E-state index is 0.0145. The molecule has 1 aliphatic rings. The summed E-state index contributed by atoms with van der Waals surface area (Å²) in [5, 5.41) is 16.4. The fourth-order valence-corrected chi connectivity index (χ4v) is 2.32. The number of benzene rings is 2. The number of amides is 1. The predicted octanol–water partition coefficient (Wildman–Crippen LogP) is 3.40. The second-order valence-corrected chi connectivity index (χ2v) is 5.05. The van der Waals surface area contributed by atoms with Crippen LogP contribution in [0, 0.1) is 10.1 Å². The third-order valence-corrected chi connectivity index (χ3v) is 3.46. The van der Waals surface area contributed by atoms with Gasteiger partial charge in [0.1, 0.15) is 0 Å². The first-order valence-corrected chi connectivity index (χ1v) is 6.97. The maximum absolute atomic E-state index is 12.5. The highest BCUT2D eigenvalue weighted by molar-refractivity contribution is 6.32. The molecule has 0 saturated carbocycles. The van der Waals surface area contributed by atoms with Crippen LogP contribution in [0.1, 0.15) is 12.5 Å². The van der Waals surface area contributed by atoms with Crippen LogP contribution in [0.15, 0.2) is 65.3 Å². The number of nitro benzene ring substituents is 1. The van der Waals surface area contributed by atoms with Crippen LogP contribution >= 0.6 is 0 Å². The van der Waals surface area contributed by atoms with Crippen molar-refractivity contribution in [1.82, 2.24) is 0 Å². The molecule has 114 valence electrons. The quantitative estimate of drug-likeness (QED) is 0.495. The standard InChI is InChI=1S/C17H13N3O3/c1-12-16(11-13-6-5-9-15(10-13)20(22)23)17(21)19(18-12)14-7-3-2-4-8-14/h2-11H,1H3/b16-11-. The van der Waals surface area contributed by atoms with Crippen LogP contribution in [0.3, 0.4) is 0 Å². The molecular formula is C17H13N3O3. The Morgan fingerprint density at radius 2 is 1.87 bits per heavy atom. The molecule has 0 bridgehead atoms. The van der Waals surface area contributed by atoms with Crippen LogP contribution in [-0.4, -0.2) is 16.5 Å². The first-order valence-electron chi connectivity index (χ1n) is 6.97. The molecule has 0 atom stereocenters. The molecule has 0 aromatic heterocycles. The monoisotopic (exact) mass is 307 g/mol. The Morgan fingerprint density at radius 1 is 1.13 bits per heavy atom. The van der Waals surface area contributed by atoms with Crippen LogP contribution in [0.4, 0.5) is 11.4 Å². The number of anilines is 1. The summed E-state index contributed by atoms with van der Waals surface area (Å²) in [6.45, 7) is 1.74. The first kappa shape index (κ1) is 14.6. The maximum Gasteiger partial charge on any atom is 0.280 e. The van der Waals surface area contributed by atoms with Gasteiger partial charge < -0.3 is 0 Å². The zero-order valence-corrected chi connectivity index (χ0v) is 12.3. The van der Waals surface area contributed by atoms with Gasteiger partial charge in [-0.3, -0.25) is 14.9 Å². The van der Waals surface area contributed by atoms with E-state index in [1.54, 1.807) is 37.3 Å². The number of hydrazone groups is 1. The summed E-state index contributed by atoms with van der Waals surface area (Å²) in [5.41, 5.74) is 2.25. The number of hydrogen-bond donors (Lipinski definition) is 0. The summed E-state index contributed by atoms with van der Waals surface area (Å²) in [6.07, 6.45) is 1.62. The number of nitrogens with zero attached hydrogens (tertiary/aromatic N) is 3. The van der Waals surface area contributed by atoms with Gasteiger partial charge >= 0.3 is 0 Å².